The molecule has 3 heterocycles. The third-order valence-electron chi connectivity index (χ3n) is 4.47. The van der Waals surface area contributed by atoms with Gasteiger partial charge in [0.25, 0.3) is 0 Å². The van der Waals surface area contributed by atoms with E-state index in [4.69, 9.17) is 45.3 Å². The summed E-state index contributed by atoms with van der Waals surface area (Å²) in [5.74, 6) is -0.747. The van der Waals surface area contributed by atoms with E-state index in [1.165, 1.54) is 0 Å². The standard InChI is InChI=1S/C16H16BCl2NO4/c1-16(2)23-13-11(6-21)22-15(14(13)24-16)20-10-5-9(19)8(18)3-7(10)4-12(20)17/h3-5,11,13-15,21H,6H2,1-2H3/t11-,13?,14?,15-/m1/s1. The smallest absolute Gasteiger partial charge is 0.164 e. The van der Waals surface area contributed by atoms with Crippen molar-refractivity contribution in [3.05, 3.63) is 28.2 Å². The second-order valence-electron chi connectivity index (χ2n) is 6.58. The van der Waals surface area contributed by atoms with E-state index in [2.05, 4.69) is 0 Å². The van der Waals surface area contributed by atoms with Gasteiger partial charge < -0.3 is 23.9 Å². The van der Waals surface area contributed by atoms with Crippen molar-refractivity contribution in [3.8, 4) is 0 Å². The van der Waals surface area contributed by atoms with Crippen LogP contribution in [0.4, 0.5) is 0 Å². The number of fused-ring (bicyclic) bond motifs is 2. The highest BCUT2D eigenvalue weighted by molar-refractivity contribution is 6.43. The minimum atomic E-state index is -0.747. The highest BCUT2D eigenvalue weighted by atomic mass is 35.5. The SMILES string of the molecule is [B]c1cc2cc(Cl)c(Cl)cc2n1[C@@H]1O[C@H](CO)C2OC(C)(C)OC21. The average molecular weight is 368 g/mol. The molecule has 0 saturated carbocycles. The van der Waals surface area contributed by atoms with Gasteiger partial charge in [0.15, 0.2) is 12.0 Å². The van der Waals surface area contributed by atoms with Gasteiger partial charge in [-0.2, -0.15) is 0 Å². The van der Waals surface area contributed by atoms with Crippen LogP contribution in [0.3, 0.4) is 0 Å². The Morgan fingerprint density at radius 1 is 1.17 bits per heavy atom. The van der Waals surface area contributed by atoms with Crippen LogP contribution in [-0.2, 0) is 14.2 Å². The Kier molecular flexibility index (Phi) is 3.91. The molecule has 2 unspecified atom stereocenters. The predicted molar refractivity (Wildman–Crippen MR) is 92.2 cm³/mol. The molecule has 2 radical (unpaired) electrons. The maximum Gasteiger partial charge on any atom is 0.164 e. The number of rotatable bonds is 2. The second kappa shape index (κ2) is 5.63. The molecular weight excluding hydrogens is 352 g/mol. The molecule has 2 aliphatic heterocycles. The number of ether oxygens (including phenoxy) is 3. The fraction of sp³-hybridized carbons (Fsp3) is 0.500. The van der Waals surface area contributed by atoms with Gasteiger partial charge in [-0.1, -0.05) is 23.2 Å². The molecule has 4 rings (SSSR count). The molecule has 0 amide bonds. The van der Waals surface area contributed by atoms with Gasteiger partial charge in [-0.05, 0) is 37.6 Å². The lowest BCUT2D eigenvalue weighted by molar-refractivity contribution is -0.199. The Balaban J connectivity index is 1.82. The summed E-state index contributed by atoms with van der Waals surface area (Å²) in [6, 6.07) is 5.32. The minimum absolute atomic E-state index is 0.164. The predicted octanol–water partition coefficient (Wildman–Crippen LogP) is 2.15. The van der Waals surface area contributed by atoms with Crippen LogP contribution >= 0.6 is 23.2 Å². The summed E-state index contributed by atoms with van der Waals surface area (Å²) >= 11 is 12.3. The molecule has 2 aliphatic rings. The molecule has 24 heavy (non-hydrogen) atoms. The summed E-state index contributed by atoms with van der Waals surface area (Å²) in [5.41, 5.74) is 1.29. The summed E-state index contributed by atoms with van der Waals surface area (Å²) in [7, 11) is 6.21. The van der Waals surface area contributed by atoms with E-state index >= 15 is 0 Å². The van der Waals surface area contributed by atoms with Crippen molar-refractivity contribution in [1.29, 1.82) is 0 Å². The lowest BCUT2D eigenvalue weighted by Crippen LogP contribution is -2.32. The molecule has 1 aromatic carbocycles. The lowest BCUT2D eigenvalue weighted by Gasteiger charge is -2.25. The number of aromatic nitrogens is 1. The number of nitrogens with zero attached hydrogens (tertiary/aromatic N) is 1. The van der Waals surface area contributed by atoms with Crippen molar-refractivity contribution < 1.29 is 19.3 Å². The Hall–Kier alpha value is -0.755. The molecule has 0 spiro atoms. The van der Waals surface area contributed by atoms with Crippen molar-refractivity contribution in [3.63, 3.8) is 0 Å². The average Bonchev–Trinajstić information content (AvgIpc) is 3.08. The third-order valence-corrected chi connectivity index (χ3v) is 5.19. The lowest BCUT2D eigenvalue weighted by atomic mass is 10.0. The van der Waals surface area contributed by atoms with Crippen LogP contribution in [0.25, 0.3) is 10.9 Å². The van der Waals surface area contributed by atoms with Crippen LogP contribution in [0.5, 0.6) is 0 Å². The number of benzene rings is 1. The van der Waals surface area contributed by atoms with Crippen molar-refractivity contribution in [1.82, 2.24) is 4.57 Å². The van der Waals surface area contributed by atoms with E-state index in [1.807, 2.05) is 24.5 Å². The first-order valence-electron chi connectivity index (χ1n) is 7.68. The Bertz CT molecular complexity index is 809. The molecule has 126 valence electrons. The maximum atomic E-state index is 9.62. The van der Waals surface area contributed by atoms with Crippen molar-refractivity contribution in [2.75, 3.05) is 6.61 Å². The molecule has 2 saturated heterocycles. The van der Waals surface area contributed by atoms with E-state index in [0.29, 0.717) is 15.6 Å². The second-order valence-corrected chi connectivity index (χ2v) is 7.39. The molecule has 1 N–H and O–H groups in total. The van der Waals surface area contributed by atoms with Crippen molar-refractivity contribution >= 4 is 47.5 Å². The monoisotopic (exact) mass is 367 g/mol. The highest BCUT2D eigenvalue weighted by Crippen LogP contribution is 2.44. The van der Waals surface area contributed by atoms with Gasteiger partial charge in [-0.25, -0.2) is 0 Å². The number of hydrogen-bond donors (Lipinski definition) is 1. The highest BCUT2D eigenvalue weighted by Gasteiger charge is 2.55. The van der Waals surface area contributed by atoms with Crippen LogP contribution in [-0.4, -0.2) is 48.2 Å². The van der Waals surface area contributed by atoms with E-state index in [0.717, 1.165) is 10.9 Å². The van der Waals surface area contributed by atoms with Crippen molar-refractivity contribution in [2.24, 2.45) is 0 Å². The molecule has 5 nitrogen and oxygen atoms in total. The van der Waals surface area contributed by atoms with Crippen molar-refractivity contribution in [2.45, 2.75) is 44.2 Å². The minimum Gasteiger partial charge on any atom is -0.394 e. The maximum absolute atomic E-state index is 9.62. The van der Waals surface area contributed by atoms with E-state index in [9.17, 15) is 5.11 Å². The number of aliphatic hydroxyl groups excluding tert-OH is 1. The number of halogens is 2. The molecular formula is C16H16BCl2NO4. The molecule has 0 bridgehead atoms. The van der Waals surface area contributed by atoms with Crippen LogP contribution in [0.1, 0.15) is 20.1 Å². The van der Waals surface area contributed by atoms with Gasteiger partial charge in [-0.15, -0.1) is 0 Å². The van der Waals surface area contributed by atoms with Crippen LogP contribution in [0.2, 0.25) is 10.0 Å². The normalized spacial score (nSPS) is 31.7. The number of hydrogen-bond acceptors (Lipinski definition) is 4. The fourth-order valence-electron chi connectivity index (χ4n) is 3.54. The van der Waals surface area contributed by atoms with Gasteiger partial charge >= 0.3 is 0 Å². The van der Waals surface area contributed by atoms with E-state index in [1.54, 1.807) is 12.1 Å². The zero-order valence-electron chi connectivity index (χ0n) is 13.2. The topological polar surface area (TPSA) is 52.9 Å². The van der Waals surface area contributed by atoms with Gasteiger partial charge in [0, 0.05) is 5.39 Å². The molecule has 8 heteroatoms. The fourth-order valence-corrected chi connectivity index (χ4v) is 3.87. The summed E-state index contributed by atoms with van der Waals surface area (Å²) in [4.78, 5) is 0. The first kappa shape index (κ1) is 16.7. The summed E-state index contributed by atoms with van der Waals surface area (Å²) < 4.78 is 19.7. The molecule has 4 atom stereocenters. The number of aliphatic hydroxyl groups is 1. The van der Waals surface area contributed by atoms with Crippen LogP contribution in [0, 0.1) is 0 Å². The summed E-state index contributed by atoms with van der Waals surface area (Å²) in [6.45, 7) is 3.51. The molecule has 2 aromatic rings. The Morgan fingerprint density at radius 3 is 2.54 bits per heavy atom. The quantitative estimate of drug-likeness (QED) is 0.826. The summed E-state index contributed by atoms with van der Waals surface area (Å²) in [5, 5.41) is 11.4. The van der Waals surface area contributed by atoms with E-state index in [-0.39, 0.29) is 18.8 Å². The first-order valence-corrected chi connectivity index (χ1v) is 8.44. The first-order chi connectivity index (χ1) is 11.3. The van der Waals surface area contributed by atoms with Crippen LogP contribution in [0.15, 0.2) is 18.2 Å². The van der Waals surface area contributed by atoms with Gasteiger partial charge in [0.1, 0.15) is 26.2 Å². The van der Waals surface area contributed by atoms with Gasteiger partial charge in [0.2, 0.25) is 0 Å². The Morgan fingerprint density at radius 2 is 1.83 bits per heavy atom. The Labute approximate surface area is 150 Å². The van der Waals surface area contributed by atoms with Gasteiger partial charge in [0.05, 0.1) is 22.2 Å². The molecule has 2 fully saturated rings. The zero-order valence-corrected chi connectivity index (χ0v) is 14.7. The molecule has 0 aliphatic carbocycles. The largest absolute Gasteiger partial charge is 0.394 e. The third kappa shape index (κ3) is 2.48. The summed E-state index contributed by atoms with van der Waals surface area (Å²) in [6.07, 6.45) is -1.76. The molecule has 1 aromatic heterocycles. The van der Waals surface area contributed by atoms with E-state index < -0.39 is 18.1 Å². The van der Waals surface area contributed by atoms with Gasteiger partial charge in [-0.3, -0.25) is 0 Å². The zero-order chi connectivity index (χ0) is 17.2. The van der Waals surface area contributed by atoms with Crippen LogP contribution < -0.4 is 5.59 Å².